The van der Waals surface area contributed by atoms with Crippen molar-refractivity contribution >= 4 is 41.1 Å². The summed E-state index contributed by atoms with van der Waals surface area (Å²) in [6, 6.07) is 1.57. The first-order valence-electron chi connectivity index (χ1n) is 4.14. The number of nitro groups is 1. The van der Waals surface area contributed by atoms with Crippen LogP contribution in [0.3, 0.4) is 0 Å². The van der Waals surface area contributed by atoms with Crippen LogP contribution in [0.2, 0.25) is 10.0 Å². The number of nitrogens with two attached hydrogens (primary N) is 1. The summed E-state index contributed by atoms with van der Waals surface area (Å²) >= 11 is 11.5. The summed E-state index contributed by atoms with van der Waals surface area (Å²) in [4.78, 5) is 20.4. The molecule has 3 N–H and O–H groups in total. The lowest BCUT2D eigenvalue weighted by Crippen LogP contribution is -2.24. The van der Waals surface area contributed by atoms with Gasteiger partial charge >= 0.3 is 6.03 Å². The quantitative estimate of drug-likeness (QED) is 0.500. The Labute approximate surface area is 105 Å². The van der Waals surface area contributed by atoms with Crippen molar-refractivity contribution in [2.75, 3.05) is 0 Å². The molecule has 9 heteroatoms. The van der Waals surface area contributed by atoms with Crippen molar-refractivity contribution in [2.45, 2.75) is 0 Å². The smallest absolute Gasteiger partial charge is 0.332 e. The van der Waals surface area contributed by atoms with E-state index in [1.165, 1.54) is 12.1 Å². The molecule has 1 aromatic carbocycles. The summed E-state index contributed by atoms with van der Waals surface area (Å²) in [7, 11) is 0. The fourth-order valence-corrected chi connectivity index (χ4v) is 1.37. The van der Waals surface area contributed by atoms with Gasteiger partial charge in [-0.1, -0.05) is 23.2 Å². The number of amides is 2. The zero-order chi connectivity index (χ0) is 13.0. The highest BCUT2D eigenvalue weighted by atomic mass is 35.5. The fourth-order valence-electron chi connectivity index (χ4n) is 0.999. The van der Waals surface area contributed by atoms with Gasteiger partial charge in [-0.2, -0.15) is 5.10 Å². The number of halogens is 2. The molecule has 0 heterocycles. The fraction of sp³-hybridized carbons (Fsp3) is 0. The topological polar surface area (TPSA) is 111 Å². The van der Waals surface area contributed by atoms with E-state index >= 15 is 0 Å². The van der Waals surface area contributed by atoms with E-state index in [4.69, 9.17) is 28.9 Å². The Hall–Kier alpha value is -1.86. The van der Waals surface area contributed by atoms with Crippen LogP contribution in [0.25, 0.3) is 0 Å². The molecule has 0 saturated carbocycles. The lowest BCUT2D eigenvalue weighted by molar-refractivity contribution is -0.385. The average molecular weight is 277 g/mol. The van der Waals surface area contributed by atoms with Gasteiger partial charge in [0.1, 0.15) is 0 Å². The molecule has 0 fully saturated rings. The molecule has 0 unspecified atom stereocenters. The van der Waals surface area contributed by atoms with Crippen LogP contribution in [0.1, 0.15) is 5.56 Å². The predicted octanol–water partition coefficient (Wildman–Crippen LogP) is 1.90. The van der Waals surface area contributed by atoms with Gasteiger partial charge in [0.15, 0.2) is 0 Å². The predicted molar refractivity (Wildman–Crippen MR) is 63.4 cm³/mol. The van der Waals surface area contributed by atoms with E-state index in [1.807, 2.05) is 5.43 Å². The molecular formula is C8H6Cl2N4O3. The van der Waals surface area contributed by atoms with Crippen LogP contribution >= 0.6 is 23.2 Å². The highest BCUT2D eigenvalue weighted by Gasteiger charge is 2.17. The molecule has 0 aromatic heterocycles. The van der Waals surface area contributed by atoms with Crippen LogP contribution in [-0.4, -0.2) is 17.2 Å². The third-order valence-electron chi connectivity index (χ3n) is 1.67. The van der Waals surface area contributed by atoms with Crippen LogP contribution in [0, 0.1) is 10.1 Å². The zero-order valence-electron chi connectivity index (χ0n) is 8.18. The maximum absolute atomic E-state index is 10.7. The lowest BCUT2D eigenvalue weighted by atomic mass is 10.2. The van der Waals surface area contributed by atoms with Crippen LogP contribution in [0.5, 0.6) is 0 Å². The zero-order valence-corrected chi connectivity index (χ0v) is 9.70. The number of hydrazone groups is 1. The van der Waals surface area contributed by atoms with Gasteiger partial charge in [-0.3, -0.25) is 10.1 Å². The Balaban J connectivity index is 3.19. The number of nitrogens with zero attached hydrogens (tertiary/aromatic N) is 2. The van der Waals surface area contributed by atoms with Gasteiger partial charge in [0.05, 0.1) is 26.7 Å². The molecule has 0 aliphatic heterocycles. The second kappa shape index (κ2) is 5.46. The van der Waals surface area contributed by atoms with Crippen molar-refractivity contribution < 1.29 is 9.72 Å². The van der Waals surface area contributed by atoms with Crippen molar-refractivity contribution in [3.63, 3.8) is 0 Å². The minimum absolute atomic E-state index is 0.0158. The second-order valence-electron chi connectivity index (χ2n) is 2.79. The van der Waals surface area contributed by atoms with E-state index in [0.717, 1.165) is 6.21 Å². The molecule has 0 saturated heterocycles. The molecule has 7 nitrogen and oxygen atoms in total. The van der Waals surface area contributed by atoms with Gasteiger partial charge in [-0.15, -0.1) is 0 Å². The normalized spacial score (nSPS) is 10.5. The van der Waals surface area contributed by atoms with Crippen molar-refractivity contribution in [1.29, 1.82) is 0 Å². The first-order chi connectivity index (χ1) is 7.93. The van der Waals surface area contributed by atoms with Gasteiger partial charge < -0.3 is 5.73 Å². The summed E-state index contributed by atoms with van der Waals surface area (Å²) in [5.41, 5.74) is 6.36. The first kappa shape index (κ1) is 13.2. The van der Waals surface area contributed by atoms with Gasteiger partial charge in [-0.05, 0) is 6.07 Å². The number of carbonyl (C=O) groups excluding carboxylic acids is 1. The highest BCUT2D eigenvalue weighted by molar-refractivity contribution is 6.43. The molecular weight excluding hydrogens is 271 g/mol. The lowest BCUT2D eigenvalue weighted by Gasteiger charge is -2.01. The Morgan fingerprint density at radius 2 is 2.18 bits per heavy atom. The number of rotatable bonds is 3. The Bertz CT molecular complexity index is 504. The molecule has 1 aromatic rings. The second-order valence-corrected chi connectivity index (χ2v) is 3.57. The number of carbonyl (C=O) groups is 1. The summed E-state index contributed by atoms with van der Waals surface area (Å²) in [6.07, 6.45) is 0.997. The van der Waals surface area contributed by atoms with E-state index in [9.17, 15) is 14.9 Å². The molecule has 90 valence electrons. The molecule has 0 aliphatic carbocycles. The van der Waals surface area contributed by atoms with Crippen molar-refractivity contribution in [2.24, 2.45) is 10.8 Å². The summed E-state index contributed by atoms with van der Waals surface area (Å²) in [5, 5.41) is 14.2. The number of benzene rings is 1. The number of hydrogen-bond acceptors (Lipinski definition) is 4. The maximum Gasteiger partial charge on any atom is 0.332 e. The van der Waals surface area contributed by atoms with Gasteiger partial charge in [-0.25, -0.2) is 10.2 Å². The van der Waals surface area contributed by atoms with E-state index in [-0.39, 0.29) is 21.3 Å². The summed E-state index contributed by atoms with van der Waals surface area (Å²) in [5.74, 6) is 0. The van der Waals surface area contributed by atoms with E-state index < -0.39 is 11.0 Å². The molecule has 1 rings (SSSR count). The van der Waals surface area contributed by atoms with Crippen LogP contribution in [0.4, 0.5) is 10.5 Å². The van der Waals surface area contributed by atoms with Crippen molar-refractivity contribution in [3.05, 3.63) is 37.9 Å². The largest absolute Gasteiger partial charge is 0.350 e. The Morgan fingerprint density at radius 1 is 1.53 bits per heavy atom. The molecule has 0 spiro atoms. The average Bonchev–Trinajstić information content (AvgIpc) is 2.23. The molecule has 0 radical (unpaired) electrons. The van der Waals surface area contributed by atoms with Crippen molar-refractivity contribution in [1.82, 2.24) is 5.43 Å². The summed E-state index contributed by atoms with van der Waals surface area (Å²) < 4.78 is 0. The minimum Gasteiger partial charge on any atom is -0.350 e. The number of primary amides is 1. The van der Waals surface area contributed by atoms with E-state index in [1.54, 1.807) is 0 Å². The highest BCUT2D eigenvalue weighted by Crippen LogP contribution is 2.31. The van der Waals surface area contributed by atoms with Crippen LogP contribution < -0.4 is 11.2 Å². The maximum atomic E-state index is 10.7. The number of urea groups is 1. The van der Waals surface area contributed by atoms with E-state index in [0.29, 0.717) is 0 Å². The molecule has 2 amide bonds. The SMILES string of the molecule is NC(=O)NN=Cc1c([N+](=O)[O-])ccc(Cl)c1Cl. The molecule has 0 bridgehead atoms. The summed E-state index contributed by atoms with van der Waals surface area (Å²) in [6.45, 7) is 0. The first-order valence-corrected chi connectivity index (χ1v) is 4.90. The Kier molecular flexibility index (Phi) is 4.24. The monoisotopic (exact) mass is 276 g/mol. The van der Waals surface area contributed by atoms with E-state index in [2.05, 4.69) is 5.10 Å². The van der Waals surface area contributed by atoms with Crippen LogP contribution in [-0.2, 0) is 0 Å². The third kappa shape index (κ3) is 3.30. The minimum atomic E-state index is -0.901. The molecule has 0 aliphatic rings. The van der Waals surface area contributed by atoms with Crippen molar-refractivity contribution in [3.8, 4) is 0 Å². The van der Waals surface area contributed by atoms with Gasteiger partial charge in [0.25, 0.3) is 5.69 Å². The molecule has 0 atom stereocenters. The number of nitrogens with one attached hydrogen (secondary N) is 1. The van der Waals surface area contributed by atoms with Gasteiger partial charge in [0, 0.05) is 6.07 Å². The third-order valence-corrected chi connectivity index (χ3v) is 2.49. The number of hydrogen-bond donors (Lipinski definition) is 2. The van der Waals surface area contributed by atoms with Crippen LogP contribution in [0.15, 0.2) is 17.2 Å². The number of nitro benzene ring substituents is 1. The van der Waals surface area contributed by atoms with Gasteiger partial charge in [0.2, 0.25) is 0 Å². The molecule has 17 heavy (non-hydrogen) atoms. The standard InChI is InChI=1S/C8H6Cl2N4O3/c9-5-1-2-6(14(16)17)4(7(5)10)3-12-13-8(11)15/h1-3H,(H3,11,13,15). The Morgan fingerprint density at radius 3 is 2.71 bits per heavy atom.